The van der Waals surface area contributed by atoms with Gasteiger partial charge in [-0.3, -0.25) is 4.79 Å². The van der Waals surface area contributed by atoms with Crippen LogP contribution in [0, 0.1) is 9.52 Å². The highest BCUT2D eigenvalue weighted by Crippen LogP contribution is 2.26. The van der Waals surface area contributed by atoms with Gasteiger partial charge in [-0.15, -0.1) is 0 Å². The zero-order valence-corrected chi connectivity index (χ0v) is 8.26. The summed E-state index contributed by atoms with van der Waals surface area (Å²) in [6.07, 6.45) is -2.15. The predicted octanol–water partition coefficient (Wildman–Crippen LogP) is 2.58. The van der Waals surface area contributed by atoms with Gasteiger partial charge in [0.2, 0.25) is 0 Å². The zero-order valence-electron chi connectivity index (χ0n) is 6.10. The highest BCUT2D eigenvalue weighted by Gasteiger charge is 2.20. The van der Waals surface area contributed by atoms with E-state index in [1.54, 1.807) is 22.6 Å². The highest BCUT2D eigenvalue weighted by molar-refractivity contribution is 14.1. The summed E-state index contributed by atoms with van der Waals surface area (Å²) in [5, 5.41) is 0. The van der Waals surface area contributed by atoms with Gasteiger partial charge in [-0.25, -0.2) is 18.2 Å². The Balaban J connectivity index is 3.43. The Bertz CT molecular complexity index is 343. The molecule has 0 atom stereocenters. The molecule has 0 aliphatic carbocycles. The minimum absolute atomic E-state index is 0.0734. The van der Waals surface area contributed by atoms with Crippen LogP contribution in [0.15, 0.2) is 6.20 Å². The van der Waals surface area contributed by atoms with Gasteiger partial charge >= 0.3 is 0 Å². The molecule has 0 radical (unpaired) electrons. The first-order valence-electron chi connectivity index (χ1n) is 3.15. The summed E-state index contributed by atoms with van der Waals surface area (Å²) < 4.78 is 37.3. The molecule has 0 unspecified atom stereocenters. The Labute approximate surface area is 85.3 Å². The third-order valence-corrected chi connectivity index (χ3v) is 2.26. The van der Waals surface area contributed by atoms with E-state index in [1.807, 2.05) is 0 Å². The number of hydrogen-bond donors (Lipinski definition) is 0. The van der Waals surface area contributed by atoms with Crippen LogP contribution in [-0.4, -0.2) is 11.3 Å². The Kier molecular flexibility index (Phi) is 3.23. The third-order valence-electron chi connectivity index (χ3n) is 1.40. The summed E-state index contributed by atoms with van der Waals surface area (Å²) in [6.45, 7) is 0. The lowest BCUT2D eigenvalue weighted by molar-refractivity contribution is 0.110. The zero-order chi connectivity index (χ0) is 10.0. The standard InChI is InChI=1S/C7H3F3INO/c8-4-1-12-7(11)3(2-13)5(4)6(9)10/h1-2,6H. The maximum Gasteiger partial charge on any atom is 0.267 e. The van der Waals surface area contributed by atoms with E-state index in [0.29, 0.717) is 6.20 Å². The second-order valence-electron chi connectivity index (χ2n) is 2.14. The number of alkyl halides is 2. The van der Waals surface area contributed by atoms with E-state index in [9.17, 15) is 18.0 Å². The lowest BCUT2D eigenvalue weighted by atomic mass is 10.1. The van der Waals surface area contributed by atoms with Crippen LogP contribution in [0.5, 0.6) is 0 Å². The Hall–Kier alpha value is -0.660. The van der Waals surface area contributed by atoms with Crippen LogP contribution in [0.25, 0.3) is 0 Å². The molecule has 70 valence electrons. The molecule has 0 saturated carbocycles. The number of pyridine rings is 1. The number of rotatable bonds is 2. The Morgan fingerprint density at radius 3 is 2.54 bits per heavy atom. The van der Waals surface area contributed by atoms with E-state index in [-0.39, 0.29) is 15.6 Å². The molecule has 2 nitrogen and oxygen atoms in total. The van der Waals surface area contributed by atoms with Gasteiger partial charge in [0.15, 0.2) is 12.1 Å². The molecule has 0 saturated heterocycles. The van der Waals surface area contributed by atoms with Crippen LogP contribution >= 0.6 is 22.6 Å². The van der Waals surface area contributed by atoms with Crippen molar-refractivity contribution >= 4 is 28.9 Å². The van der Waals surface area contributed by atoms with Gasteiger partial charge in [-0.05, 0) is 22.6 Å². The third kappa shape index (κ3) is 1.98. The average molecular weight is 301 g/mol. The number of carbonyl (C=O) groups is 1. The van der Waals surface area contributed by atoms with E-state index < -0.39 is 17.8 Å². The minimum atomic E-state index is -3.00. The molecule has 0 aliphatic heterocycles. The summed E-state index contributed by atoms with van der Waals surface area (Å²) in [4.78, 5) is 13.8. The first kappa shape index (κ1) is 10.4. The van der Waals surface area contributed by atoms with Crippen LogP contribution in [0.4, 0.5) is 13.2 Å². The average Bonchev–Trinajstić information content (AvgIpc) is 2.07. The topological polar surface area (TPSA) is 30.0 Å². The van der Waals surface area contributed by atoms with Gasteiger partial charge < -0.3 is 0 Å². The fraction of sp³-hybridized carbons (Fsp3) is 0.143. The van der Waals surface area contributed by atoms with Crippen LogP contribution in [-0.2, 0) is 0 Å². The van der Waals surface area contributed by atoms with E-state index in [1.165, 1.54) is 0 Å². The number of aldehydes is 1. The SMILES string of the molecule is O=Cc1c(I)ncc(F)c1C(F)F. The van der Waals surface area contributed by atoms with Crippen molar-refractivity contribution in [3.63, 3.8) is 0 Å². The fourth-order valence-corrected chi connectivity index (χ4v) is 1.38. The monoisotopic (exact) mass is 301 g/mol. The smallest absolute Gasteiger partial charge is 0.267 e. The Morgan fingerprint density at radius 2 is 2.15 bits per heavy atom. The number of aromatic nitrogens is 1. The first-order valence-corrected chi connectivity index (χ1v) is 4.23. The van der Waals surface area contributed by atoms with Crippen molar-refractivity contribution in [3.8, 4) is 0 Å². The molecular weight excluding hydrogens is 298 g/mol. The van der Waals surface area contributed by atoms with Crippen molar-refractivity contribution in [2.75, 3.05) is 0 Å². The molecule has 13 heavy (non-hydrogen) atoms. The number of halogens is 4. The summed E-state index contributed by atoms with van der Waals surface area (Å²) in [6, 6.07) is 0. The van der Waals surface area contributed by atoms with Crippen LogP contribution in [0.1, 0.15) is 22.3 Å². The van der Waals surface area contributed by atoms with Crippen molar-refractivity contribution in [2.24, 2.45) is 0 Å². The molecule has 0 amide bonds. The van der Waals surface area contributed by atoms with Gasteiger partial charge in [-0.2, -0.15) is 0 Å². The quantitative estimate of drug-likeness (QED) is 0.477. The number of carbonyl (C=O) groups excluding carboxylic acids is 1. The van der Waals surface area contributed by atoms with E-state index in [2.05, 4.69) is 4.98 Å². The summed E-state index contributed by atoms with van der Waals surface area (Å²) in [7, 11) is 0. The number of nitrogens with zero attached hydrogens (tertiary/aromatic N) is 1. The van der Waals surface area contributed by atoms with E-state index in [4.69, 9.17) is 0 Å². The maximum absolute atomic E-state index is 12.8. The largest absolute Gasteiger partial charge is 0.298 e. The van der Waals surface area contributed by atoms with Crippen molar-refractivity contribution < 1.29 is 18.0 Å². The van der Waals surface area contributed by atoms with Gasteiger partial charge in [0.05, 0.1) is 17.3 Å². The molecule has 1 aromatic rings. The Morgan fingerprint density at radius 1 is 1.54 bits per heavy atom. The van der Waals surface area contributed by atoms with Crippen molar-refractivity contribution in [1.82, 2.24) is 4.98 Å². The normalized spacial score (nSPS) is 10.5. The fourth-order valence-electron chi connectivity index (χ4n) is 0.826. The van der Waals surface area contributed by atoms with Gasteiger partial charge in [0.25, 0.3) is 6.43 Å². The van der Waals surface area contributed by atoms with Gasteiger partial charge in [0.1, 0.15) is 3.70 Å². The van der Waals surface area contributed by atoms with Crippen molar-refractivity contribution in [1.29, 1.82) is 0 Å². The first-order chi connectivity index (χ1) is 6.07. The summed E-state index contributed by atoms with van der Waals surface area (Å²) >= 11 is 1.59. The molecular formula is C7H3F3INO. The second-order valence-corrected chi connectivity index (χ2v) is 3.16. The van der Waals surface area contributed by atoms with Gasteiger partial charge in [0, 0.05) is 0 Å². The molecule has 1 heterocycles. The van der Waals surface area contributed by atoms with Crippen molar-refractivity contribution in [3.05, 3.63) is 26.8 Å². The molecule has 0 bridgehead atoms. The maximum atomic E-state index is 12.8. The molecule has 1 rings (SSSR count). The highest BCUT2D eigenvalue weighted by atomic mass is 127. The predicted molar refractivity (Wildman–Crippen MR) is 47.3 cm³/mol. The molecule has 6 heteroatoms. The minimum Gasteiger partial charge on any atom is -0.298 e. The second kappa shape index (κ2) is 4.03. The molecule has 0 spiro atoms. The lowest BCUT2D eigenvalue weighted by Crippen LogP contribution is -2.02. The van der Waals surface area contributed by atoms with Crippen LogP contribution in [0.3, 0.4) is 0 Å². The summed E-state index contributed by atoms with van der Waals surface area (Å²) in [5.41, 5.74) is -1.26. The van der Waals surface area contributed by atoms with Crippen LogP contribution < -0.4 is 0 Å². The molecule has 0 aromatic carbocycles. The molecule has 0 N–H and O–H groups in total. The lowest BCUT2D eigenvalue weighted by Gasteiger charge is -2.05. The molecule has 1 aromatic heterocycles. The van der Waals surface area contributed by atoms with Crippen LogP contribution in [0.2, 0.25) is 0 Å². The van der Waals surface area contributed by atoms with E-state index >= 15 is 0 Å². The van der Waals surface area contributed by atoms with Crippen molar-refractivity contribution in [2.45, 2.75) is 6.43 Å². The summed E-state index contributed by atoms with van der Waals surface area (Å²) in [5.74, 6) is -1.16. The molecule has 0 fully saturated rings. The van der Waals surface area contributed by atoms with E-state index in [0.717, 1.165) is 0 Å². The van der Waals surface area contributed by atoms with Gasteiger partial charge in [-0.1, -0.05) is 0 Å². The number of hydrogen-bond acceptors (Lipinski definition) is 2. The molecule has 0 aliphatic rings.